The molecule has 0 spiro atoms. The minimum absolute atomic E-state index is 0.109. The van der Waals surface area contributed by atoms with Crippen molar-refractivity contribution < 1.29 is 28.2 Å². The van der Waals surface area contributed by atoms with E-state index in [0.29, 0.717) is 28.5 Å². The maximum absolute atomic E-state index is 13.1. The van der Waals surface area contributed by atoms with Gasteiger partial charge >= 0.3 is 0 Å². The van der Waals surface area contributed by atoms with Gasteiger partial charge in [0.2, 0.25) is 5.75 Å². The van der Waals surface area contributed by atoms with Crippen LogP contribution in [0.15, 0.2) is 30.3 Å². The summed E-state index contributed by atoms with van der Waals surface area (Å²) in [7, 11) is 4.32. The first-order chi connectivity index (χ1) is 13.4. The standard InChI is InChI=1S/C19H22FN3O5/c1-11-7-13(20)5-6-14(11)21-10-17(24)22-23-19(25)12-8-15(26-2)18(28-4)16(9-12)27-3/h5-9,21H,10H2,1-4H3,(H,22,24)(H,23,25). The van der Waals surface area contributed by atoms with Gasteiger partial charge in [-0.15, -0.1) is 0 Å². The van der Waals surface area contributed by atoms with Crippen molar-refractivity contribution in [3.63, 3.8) is 0 Å². The summed E-state index contributed by atoms with van der Waals surface area (Å²) in [6, 6.07) is 7.10. The van der Waals surface area contributed by atoms with E-state index in [1.807, 2.05) is 0 Å². The Bertz CT molecular complexity index is 848. The van der Waals surface area contributed by atoms with Gasteiger partial charge < -0.3 is 19.5 Å². The Hall–Kier alpha value is -3.49. The number of nitrogens with one attached hydrogen (secondary N) is 3. The van der Waals surface area contributed by atoms with E-state index in [1.54, 1.807) is 6.92 Å². The lowest BCUT2D eigenvalue weighted by molar-refractivity contribution is -0.120. The molecule has 150 valence electrons. The third kappa shape index (κ3) is 5.03. The van der Waals surface area contributed by atoms with E-state index in [9.17, 15) is 14.0 Å². The maximum atomic E-state index is 13.1. The molecule has 2 aromatic rings. The van der Waals surface area contributed by atoms with E-state index in [2.05, 4.69) is 16.2 Å². The summed E-state index contributed by atoms with van der Waals surface area (Å²) in [5.74, 6) is -0.428. The topological polar surface area (TPSA) is 97.9 Å². The molecule has 9 heteroatoms. The summed E-state index contributed by atoms with van der Waals surface area (Å²) in [4.78, 5) is 24.3. The van der Waals surface area contributed by atoms with Crippen LogP contribution >= 0.6 is 0 Å². The Balaban J connectivity index is 1.96. The number of carbonyl (C=O) groups is 2. The minimum Gasteiger partial charge on any atom is -0.493 e. The van der Waals surface area contributed by atoms with Crippen molar-refractivity contribution in [1.29, 1.82) is 0 Å². The van der Waals surface area contributed by atoms with Crippen molar-refractivity contribution in [1.82, 2.24) is 10.9 Å². The van der Waals surface area contributed by atoms with Gasteiger partial charge in [0.1, 0.15) is 5.82 Å². The molecular formula is C19H22FN3O5. The number of methoxy groups -OCH3 is 3. The lowest BCUT2D eigenvalue weighted by Crippen LogP contribution is -2.44. The summed E-state index contributed by atoms with van der Waals surface area (Å²) in [6.07, 6.45) is 0. The zero-order valence-corrected chi connectivity index (χ0v) is 16.0. The van der Waals surface area contributed by atoms with Gasteiger partial charge in [-0.3, -0.25) is 20.4 Å². The number of aryl methyl sites for hydroxylation is 1. The van der Waals surface area contributed by atoms with Crippen LogP contribution in [0.3, 0.4) is 0 Å². The quantitative estimate of drug-likeness (QED) is 0.625. The second kappa shape index (κ2) is 9.45. The van der Waals surface area contributed by atoms with Gasteiger partial charge in [0.15, 0.2) is 11.5 Å². The van der Waals surface area contributed by atoms with Crippen molar-refractivity contribution in [3.05, 3.63) is 47.3 Å². The van der Waals surface area contributed by atoms with Crippen molar-refractivity contribution in [2.24, 2.45) is 0 Å². The zero-order chi connectivity index (χ0) is 20.7. The minimum atomic E-state index is -0.564. The molecule has 0 aliphatic carbocycles. The Morgan fingerprint density at radius 3 is 2.14 bits per heavy atom. The van der Waals surface area contributed by atoms with Crippen LogP contribution in [0.5, 0.6) is 17.2 Å². The number of hydrazine groups is 1. The van der Waals surface area contributed by atoms with Gasteiger partial charge in [0.25, 0.3) is 11.8 Å². The number of anilines is 1. The molecule has 0 aliphatic rings. The molecule has 2 amide bonds. The van der Waals surface area contributed by atoms with Crippen LogP contribution in [0.2, 0.25) is 0 Å². The average molecular weight is 391 g/mol. The highest BCUT2D eigenvalue weighted by Crippen LogP contribution is 2.38. The molecule has 0 radical (unpaired) electrons. The fourth-order valence-corrected chi connectivity index (χ4v) is 2.46. The maximum Gasteiger partial charge on any atom is 0.269 e. The summed E-state index contributed by atoms with van der Waals surface area (Å²) in [5, 5.41) is 2.87. The van der Waals surface area contributed by atoms with Crippen molar-refractivity contribution >= 4 is 17.5 Å². The first-order valence-corrected chi connectivity index (χ1v) is 8.28. The Morgan fingerprint density at radius 1 is 0.964 bits per heavy atom. The highest BCUT2D eigenvalue weighted by Gasteiger charge is 2.17. The molecule has 0 aromatic heterocycles. The van der Waals surface area contributed by atoms with E-state index in [1.165, 1.54) is 51.7 Å². The lowest BCUT2D eigenvalue weighted by atomic mass is 10.1. The van der Waals surface area contributed by atoms with Gasteiger partial charge in [0.05, 0.1) is 27.9 Å². The molecule has 8 nitrogen and oxygen atoms in total. The average Bonchev–Trinajstić information content (AvgIpc) is 2.69. The van der Waals surface area contributed by atoms with E-state index in [0.717, 1.165) is 0 Å². The van der Waals surface area contributed by atoms with Crippen molar-refractivity contribution in [3.8, 4) is 17.2 Å². The first-order valence-electron chi connectivity index (χ1n) is 8.28. The fourth-order valence-electron chi connectivity index (χ4n) is 2.46. The van der Waals surface area contributed by atoms with Gasteiger partial charge in [-0.25, -0.2) is 4.39 Å². The summed E-state index contributed by atoms with van der Waals surface area (Å²) in [5.41, 5.74) is 6.09. The van der Waals surface area contributed by atoms with Crippen LogP contribution < -0.4 is 30.4 Å². The largest absolute Gasteiger partial charge is 0.493 e. The zero-order valence-electron chi connectivity index (χ0n) is 16.0. The molecule has 0 atom stereocenters. The second-order valence-electron chi connectivity index (χ2n) is 5.73. The van der Waals surface area contributed by atoms with Crippen molar-refractivity contribution in [2.75, 3.05) is 33.2 Å². The predicted molar refractivity (Wildman–Crippen MR) is 101 cm³/mol. The molecule has 2 aromatic carbocycles. The predicted octanol–water partition coefficient (Wildman–Crippen LogP) is 2.03. The second-order valence-corrected chi connectivity index (χ2v) is 5.73. The van der Waals surface area contributed by atoms with Crippen molar-refractivity contribution in [2.45, 2.75) is 6.92 Å². The molecule has 2 rings (SSSR count). The van der Waals surface area contributed by atoms with E-state index >= 15 is 0 Å². The van der Waals surface area contributed by atoms with Crippen LogP contribution in [-0.2, 0) is 4.79 Å². The van der Waals surface area contributed by atoms with Gasteiger partial charge in [0, 0.05) is 11.3 Å². The summed E-state index contributed by atoms with van der Waals surface area (Å²) in [6.45, 7) is 1.61. The summed E-state index contributed by atoms with van der Waals surface area (Å²) < 4.78 is 28.7. The monoisotopic (exact) mass is 391 g/mol. The van der Waals surface area contributed by atoms with E-state index < -0.39 is 11.8 Å². The molecule has 28 heavy (non-hydrogen) atoms. The summed E-state index contributed by atoms with van der Waals surface area (Å²) >= 11 is 0. The SMILES string of the molecule is COc1cc(C(=O)NNC(=O)CNc2ccc(F)cc2C)cc(OC)c1OC. The Kier molecular flexibility index (Phi) is 7.02. The van der Waals surface area contributed by atoms with Crippen LogP contribution in [0.25, 0.3) is 0 Å². The Labute approximate surface area is 161 Å². The van der Waals surface area contributed by atoms with Gasteiger partial charge in [-0.2, -0.15) is 0 Å². The number of benzene rings is 2. The molecule has 0 heterocycles. The number of hydrogen-bond acceptors (Lipinski definition) is 6. The lowest BCUT2D eigenvalue weighted by Gasteiger charge is -2.14. The molecule has 0 bridgehead atoms. The number of hydrogen-bond donors (Lipinski definition) is 3. The smallest absolute Gasteiger partial charge is 0.269 e. The Morgan fingerprint density at radius 2 is 1.61 bits per heavy atom. The van der Waals surface area contributed by atoms with Crippen LogP contribution in [0.1, 0.15) is 15.9 Å². The normalized spacial score (nSPS) is 10.0. The number of carbonyl (C=O) groups excluding carboxylic acids is 2. The van der Waals surface area contributed by atoms with Gasteiger partial charge in [-0.1, -0.05) is 0 Å². The molecule has 0 saturated carbocycles. The number of halogens is 1. The molecule has 0 saturated heterocycles. The number of rotatable bonds is 7. The fraction of sp³-hybridized carbons (Fsp3) is 0.263. The molecule has 3 N–H and O–H groups in total. The molecule has 0 aliphatic heterocycles. The number of amides is 2. The van der Waals surface area contributed by atoms with Gasteiger partial charge in [-0.05, 0) is 42.8 Å². The highest BCUT2D eigenvalue weighted by atomic mass is 19.1. The van der Waals surface area contributed by atoms with Crippen LogP contribution in [-0.4, -0.2) is 39.7 Å². The first kappa shape index (κ1) is 20.8. The highest BCUT2D eigenvalue weighted by molar-refractivity contribution is 5.97. The van der Waals surface area contributed by atoms with Crippen LogP contribution in [0, 0.1) is 12.7 Å². The third-order valence-electron chi connectivity index (χ3n) is 3.87. The third-order valence-corrected chi connectivity index (χ3v) is 3.87. The molecule has 0 fully saturated rings. The van der Waals surface area contributed by atoms with Crippen LogP contribution in [0.4, 0.5) is 10.1 Å². The number of ether oxygens (including phenoxy) is 3. The van der Waals surface area contributed by atoms with E-state index in [-0.39, 0.29) is 17.9 Å². The molecular weight excluding hydrogens is 369 g/mol. The molecule has 0 unspecified atom stereocenters. The van der Waals surface area contributed by atoms with E-state index in [4.69, 9.17) is 14.2 Å².